The van der Waals surface area contributed by atoms with Crippen LogP contribution in [0.2, 0.25) is 5.02 Å². The Morgan fingerprint density at radius 1 is 1.23 bits per heavy atom. The van der Waals surface area contributed by atoms with Gasteiger partial charge in [0.25, 0.3) is 5.69 Å². The lowest BCUT2D eigenvalue weighted by atomic mass is 10.2. The van der Waals surface area contributed by atoms with Gasteiger partial charge in [0.1, 0.15) is 17.0 Å². The standard InChI is InChI=1S/C16H14ClN3O5S/c1-9(16-7-10-6-11(17)2-5-15(10)25-16)19-13-4-3-12(26(18,23)24)8-14(13)20(21)22/h2-9,19H,1H3,(H2,18,23,24). The van der Waals surface area contributed by atoms with Gasteiger partial charge < -0.3 is 9.73 Å². The lowest BCUT2D eigenvalue weighted by molar-refractivity contribution is -0.384. The van der Waals surface area contributed by atoms with Gasteiger partial charge >= 0.3 is 0 Å². The fraction of sp³-hybridized carbons (Fsp3) is 0.125. The van der Waals surface area contributed by atoms with Gasteiger partial charge in [-0.3, -0.25) is 10.1 Å². The maximum absolute atomic E-state index is 11.4. The zero-order valence-corrected chi connectivity index (χ0v) is 15.0. The van der Waals surface area contributed by atoms with Crippen molar-refractivity contribution in [2.24, 2.45) is 5.14 Å². The molecule has 0 spiro atoms. The lowest BCUT2D eigenvalue weighted by Gasteiger charge is -2.13. The number of nitro benzene ring substituents is 1. The van der Waals surface area contributed by atoms with Crippen LogP contribution in [0.25, 0.3) is 11.0 Å². The molecule has 136 valence electrons. The fourth-order valence-electron chi connectivity index (χ4n) is 2.51. The number of primary sulfonamides is 1. The molecule has 1 heterocycles. The number of hydrogen-bond donors (Lipinski definition) is 2. The molecule has 3 N–H and O–H groups in total. The average Bonchev–Trinajstić information content (AvgIpc) is 2.97. The number of hydrogen-bond acceptors (Lipinski definition) is 6. The maximum atomic E-state index is 11.4. The predicted molar refractivity (Wildman–Crippen MR) is 97.7 cm³/mol. The molecule has 0 amide bonds. The van der Waals surface area contributed by atoms with Crippen LogP contribution in [0.1, 0.15) is 18.7 Å². The van der Waals surface area contributed by atoms with Gasteiger partial charge in [-0.25, -0.2) is 13.6 Å². The van der Waals surface area contributed by atoms with Crippen LogP contribution >= 0.6 is 11.6 Å². The van der Waals surface area contributed by atoms with Crippen molar-refractivity contribution >= 4 is 44.0 Å². The second kappa shape index (κ2) is 6.60. The number of sulfonamides is 1. The molecule has 2 aromatic carbocycles. The number of nitrogens with one attached hydrogen (secondary N) is 1. The number of nitrogens with zero attached hydrogens (tertiary/aromatic N) is 1. The van der Waals surface area contributed by atoms with E-state index in [9.17, 15) is 18.5 Å². The number of halogens is 1. The molecule has 0 saturated carbocycles. The van der Waals surface area contributed by atoms with Crippen LogP contribution in [-0.4, -0.2) is 13.3 Å². The minimum absolute atomic E-state index is 0.147. The smallest absolute Gasteiger partial charge is 0.293 e. The normalized spacial score (nSPS) is 12.9. The second-order valence-corrected chi connectivity index (χ2v) is 7.68. The monoisotopic (exact) mass is 395 g/mol. The molecule has 10 heteroatoms. The summed E-state index contributed by atoms with van der Waals surface area (Å²) in [5.74, 6) is 0.548. The minimum atomic E-state index is -4.04. The first-order chi connectivity index (χ1) is 12.1. The number of benzene rings is 2. The lowest BCUT2D eigenvalue weighted by Crippen LogP contribution is -2.13. The van der Waals surface area contributed by atoms with Crippen LogP contribution in [0.5, 0.6) is 0 Å². The topological polar surface area (TPSA) is 128 Å². The number of anilines is 1. The number of fused-ring (bicyclic) bond motifs is 1. The van der Waals surface area contributed by atoms with Gasteiger partial charge in [-0.2, -0.15) is 0 Å². The number of nitrogens with two attached hydrogens (primary N) is 1. The van der Waals surface area contributed by atoms with E-state index in [0.717, 1.165) is 11.5 Å². The number of nitro groups is 1. The first kappa shape index (κ1) is 18.2. The van der Waals surface area contributed by atoms with Crippen LogP contribution in [0.3, 0.4) is 0 Å². The highest BCUT2D eigenvalue weighted by Gasteiger charge is 2.21. The van der Waals surface area contributed by atoms with Crippen LogP contribution in [-0.2, 0) is 10.0 Å². The molecule has 26 heavy (non-hydrogen) atoms. The van der Waals surface area contributed by atoms with Crippen molar-refractivity contribution in [2.45, 2.75) is 17.9 Å². The molecule has 0 aliphatic carbocycles. The molecule has 8 nitrogen and oxygen atoms in total. The first-order valence-electron chi connectivity index (χ1n) is 7.42. The van der Waals surface area contributed by atoms with E-state index in [2.05, 4.69) is 5.32 Å². The van der Waals surface area contributed by atoms with E-state index in [0.29, 0.717) is 16.4 Å². The van der Waals surface area contributed by atoms with E-state index < -0.39 is 26.7 Å². The van der Waals surface area contributed by atoms with Gasteiger partial charge in [0.2, 0.25) is 10.0 Å². The summed E-state index contributed by atoms with van der Waals surface area (Å²) in [4.78, 5) is 10.3. The Labute approximate surface area is 153 Å². The van der Waals surface area contributed by atoms with Crippen LogP contribution < -0.4 is 10.5 Å². The Morgan fingerprint density at radius 3 is 2.62 bits per heavy atom. The third-order valence-corrected chi connectivity index (χ3v) is 4.94. The molecule has 1 atom stereocenters. The van der Waals surface area contributed by atoms with Gasteiger partial charge in [-0.1, -0.05) is 11.6 Å². The summed E-state index contributed by atoms with van der Waals surface area (Å²) in [6.45, 7) is 1.76. The van der Waals surface area contributed by atoms with Gasteiger partial charge in [-0.05, 0) is 43.3 Å². The molecule has 0 aliphatic rings. The van der Waals surface area contributed by atoms with Crippen molar-refractivity contribution < 1.29 is 17.8 Å². The molecule has 3 rings (SSSR count). The minimum Gasteiger partial charge on any atom is -0.459 e. The van der Waals surface area contributed by atoms with Gasteiger partial charge in [0, 0.05) is 16.5 Å². The first-order valence-corrected chi connectivity index (χ1v) is 9.34. The molecule has 3 aromatic rings. The number of rotatable bonds is 5. The van der Waals surface area contributed by atoms with Gasteiger partial charge in [-0.15, -0.1) is 0 Å². The molecular weight excluding hydrogens is 382 g/mol. The molecule has 0 aliphatic heterocycles. The van der Waals surface area contributed by atoms with Crippen molar-refractivity contribution in [1.82, 2.24) is 0 Å². The summed E-state index contributed by atoms with van der Waals surface area (Å²) < 4.78 is 28.5. The zero-order valence-electron chi connectivity index (χ0n) is 13.5. The van der Waals surface area contributed by atoms with E-state index in [-0.39, 0.29) is 10.6 Å². The Morgan fingerprint density at radius 2 is 1.96 bits per heavy atom. The Hall–Kier alpha value is -2.62. The molecule has 1 aromatic heterocycles. The Bertz CT molecular complexity index is 1110. The summed E-state index contributed by atoms with van der Waals surface area (Å²) >= 11 is 5.95. The van der Waals surface area contributed by atoms with E-state index in [1.807, 2.05) is 0 Å². The number of furan rings is 1. The highest BCUT2D eigenvalue weighted by molar-refractivity contribution is 7.89. The predicted octanol–water partition coefficient (Wildman–Crippen LogP) is 3.81. The Kier molecular flexibility index (Phi) is 4.61. The fourth-order valence-corrected chi connectivity index (χ4v) is 3.23. The van der Waals surface area contributed by atoms with Crippen LogP contribution in [0, 0.1) is 10.1 Å². The summed E-state index contributed by atoms with van der Waals surface area (Å²) in [5, 5.41) is 20.6. The van der Waals surface area contributed by atoms with E-state index in [1.54, 1.807) is 31.2 Å². The SMILES string of the molecule is CC(Nc1ccc(S(N)(=O)=O)cc1[N+](=O)[O-])c1cc2cc(Cl)ccc2o1. The van der Waals surface area contributed by atoms with E-state index in [4.69, 9.17) is 21.2 Å². The van der Waals surface area contributed by atoms with E-state index >= 15 is 0 Å². The van der Waals surface area contributed by atoms with Crippen molar-refractivity contribution in [2.75, 3.05) is 5.32 Å². The van der Waals surface area contributed by atoms with Crippen molar-refractivity contribution in [3.63, 3.8) is 0 Å². The highest BCUT2D eigenvalue weighted by Crippen LogP contribution is 2.32. The molecule has 0 fully saturated rings. The second-order valence-electron chi connectivity index (χ2n) is 5.68. The largest absolute Gasteiger partial charge is 0.459 e. The van der Waals surface area contributed by atoms with Crippen molar-refractivity contribution in [3.8, 4) is 0 Å². The quantitative estimate of drug-likeness (QED) is 0.499. The molecule has 0 saturated heterocycles. The van der Waals surface area contributed by atoms with Crippen LogP contribution in [0.4, 0.5) is 11.4 Å². The summed E-state index contributed by atoms with van der Waals surface area (Å²) in [5.41, 5.74) is 0.382. The van der Waals surface area contributed by atoms with Crippen molar-refractivity contribution in [3.05, 3.63) is 63.4 Å². The molecule has 0 bridgehead atoms. The average molecular weight is 396 g/mol. The van der Waals surface area contributed by atoms with Crippen LogP contribution in [0.15, 0.2) is 51.8 Å². The van der Waals surface area contributed by atoms with Crippen molar-refractivity contribution in [1.29, 1.82) is 0 Å². The summed E-state index contributed by atoms with van der Waals surface area (Å²) in [7, 11) is -4.04. The summed E-state index contributed by atoms with van der Waals surface area (Å²) in [6, 6.07) is 9.97. The zero-order chi connectivity index (χ0) is 19.1. The Balaban J connectivity index is 1.95. The highest BCUT2D eigenvalue weighted by atomic mass is 35.5. The van der Waals surface area contributed by atoms with E-state index in [1.165, 1.54) is 12.1 Å². The molecule has 1 unspecified atom stereocenters. The third-order valence-electron chi connectivity index (χ3n) is 3.79. The van der Waals surface area contributed by atoms with Gasteiger partial charge in [0.05, 0.1) is 15.9 Å². The molecular formula is C16H14ClN3O5S. The molecule has 0 radical (unpaired) electrons. The summed E-state index contributed by atoms with van der Waals surface area (Å²) in [6.07, 6.45) is 0. The maximum Gasteiger partial charge on any atom is 0.293 e. The van der Waals surface area contributed by atoms with Gasteiger partial charge in [0.15, 0.2) is 0 Å². The third kappa shape index (κ3) is 3.64.